The zero-order chi connectivity index (χ0) is 28.6. The Labute approximate surface area is 231 Å². The van der Waals surface area contributed by atoms with E-state index in [-0.39, 0.29) is 24.2 Å². The molecule has 206 valence electrons. The molecule has 8 nitrogen and oxygen atoms in total. The van der Waals surface area contributed by atoms with Gasteiger partial charge in [0, 0.05) is 36.0 Å². The molecule has 0 aliphatic carbocycles. The molecule has 40 heavy (non-hydrogen) atoms. The summed E-state index contributed by atoms with van der Waals surface area (Å²) in [6.07, 6.45) is 1.43. The highest BCUT2D eigenvalue weighted by atomic mass is 19.1. The monoisotopic (exact) mass is 543 g/mol. The molecule has 2 N–H and O–H groups in total. The second-order valence-electron chi connectivity index (χ2n) is 10.1. The largest absolute Gasteiger partial charge is 0.496 e. The molecule has 9 heteroatoms. The second-order valence-corrected chi connectivity index (χ2v) is 10.1. The number of halogens is 1. The molecule has 1 aliphatic rings. The first-order chi connectivity index (χ1) is 19.1. The van der Waals surface area contributed by atoms with Crippen molar-refractivity contribution in [2.45, 2.75) is 32.9 Å². The van der Waals surface area contributed by atoms with E-state index in [0.717, 1.165) is 22.4 Å². The van der Waals surface area contributed by atoms with E-state index in [1.165, 1.54) is 18.4 Å². The van der Waals surface area contributed by atoms with Crippen molar-refractivity contribution in [2.24, 2.45) is 0 Å². The number of nitrogens with one attached hydrogen (secondary N) is 2. The topological polar surface area (TPSA) is 93.0 Å². The Kier molecular flexibility index (Phi) is 6.97. The molecule has 5 rings (SSSR count). The third-order valence-electron chi connectivity index (χ3n) is 6.92. The van der Waals surface area contributed by atoms with E-state index in [1.54, 1.807) is 49.4 Å². The van der Waals surface area contributed by atoms with Gasteiger partial charge in [0.25, 0.3) is 11.8 Å². The first-order valence-electron chi connectivity index (χ1n) is 12.7. The van der Waals surface area contributed by atoms with Crippen LogP contribution in [0, 0.1) is 12.7 Å². The smallest absolute Gasteiger partial charge is 0.291 e. The lowest BCUT2D eigenvalue weighted by Gasteiger charge is -2.39. The number of ether oxygens (including phenoxy) is 2. The molecule has 0 saturated heterocycles. The highest BCUT2D eigenvalue weighted by Crippen LogP contribution is 2.45. The molecule has 2 heterocycles. The van der Waals surface area contributed by atoms with Crippen molar-refractivity contribution in [1.29, 1.82) is 0 Å². The van der Waals surface area contributed by atoms with Gasteiger partial charge in [-0.2, -0.15) is 0 Å². The van der Waals surface area contributed by atoms with Crippen LogP contribution < -0.4 is 25.0 Å². The van der Waals surface area contributed by atoms with E-state index < -0.39 is 11.4 Å². The third-order valence-corrected chi connectivity index (χ3v) is 6.92. The minimum atomic E-state index is -0.800. The number of fused-ring (bicyclic) bond motifs is 1. The van der Waals surface area contributed by atoms with Crippen molar-refractivity contribution < 1.29 is 27.9 Å². The first-order valence-corrected chi connectivity index (χ1v) is 12.7. The van der Waals surface area contributed by atoms with Crippen LogP contribution in [-0.4, -0.2) is 31.5 Å². The summed E-state index contributed by atoms with van der Waals surface area (Å²) in [6, 6.07) is 16.8. The number of rotatable bonds is 7. The fourth-order valence-electron chi connectivity index (χ4n) is 4.90. The van der Waals surface area contributed by atoms with Crippen LogP contribution in [-0.2, 0) is 11.4 Å². The Bertz CT molecular complexity index is 1600. The fourth-order valence-corrected chi connectivity index (χ4v) is 4.90. The highest BCUT2D eigenvalue weighted by molar-refractivity contribution is 6.09. The van der Waals surface area contributed by atoms with Crippen LogP contribution in [0.25, 0.3) is 11.1 Å². The predicted molar refractivity (Wildman–Crippen MR) is 152 cm³/mol. The standard InChI is InChI=1S/C31H30FN3O5/c1-18-8-9-19(32)15-26(18)40-17-23-21(12-13-24-28(23)35(4)30(37)31(2,3)34-24)22-11-10-20(16-27(22)38-5)33-29(36)25-7-6-14-39-25/h6-16,34H,17H2,1-5H3,(H,33,36). The number of anilines is 3. The number of likely N-dealkylation sites (N-methyl/N-ethyl adjacent to an activating group) is 1. The molecule has 3 aromatic carbocycles. The lowest BCUT2D eigenvalue weighted by atomic mass is 9.91. The van der Waals surface area contributed by atoms with Crippen LogP contribution in [0.4, 0.5) is 21.5 Å². The number of carbonyl (C=O) groups excluding carboxylic acids is 2. The molecular formula is C31H30FN3O5. The zero-order valence-corrected chi connectivity index (χ0v) is 22.9. The fraction of sp³-hybridized carbons (Fsp3) is 0.226. The van der Waals surface area contributed by atoms with Gasteiger partial charge >= 0.3 is 0 Å². The summed E-state index contributed by atoms with van der Waals surface area (Å²) in [5, 5.41) is 6.14. The number of hydrogen-bond donors (Lipinski definition) is 2. The minimum Gasteiger partial charge on any atom is -0.496 e. The van der Waals surface area contributed by atoms with E-state index in [2.05, 4.69) is 10.6 Å². The minimum absolute atomic E-state index is 0.0582. The van der Waals surface area contributed by atoms with E-state index >= 15 is 0 Å². The lowest BCUT2D eigenvalue weighted by Crippen LogP contribution is -2.52. The van der Waals surface area contributed by atoms with Crippen molar-refractivity contribution in [3.63, 3.8) is 0 Å². The Morgan fingerprint density at radius 1 is 1.07 bits per heavy atom. The number of hydrogen-bond acceptors (Lipinski definition) is 6. The molecule has 0 bridgehead atoms. The average Bonchev–Trinajstić information content (AvgIpc) is 3.47. The van der Waals surface area contributed by atoms with E-state index in [1.807, 2.05) is 39.0 Å². The zero-order valence-electron chi connectivity index (χ0n) is 22.9. The summed E-state index contributed by atoms with van der Waals surface area (Å²) < 4.78 is 31.1. The van der Waals surface area contributed by atoms with Gasteiger partial charge in [-0.15, -0.1) is 0 Å². The molecule has 2 amide bonds. The van der Waals surface area contributed by atoms with Crippen LogP contribution in [0.3, 0.4) is 0 Å². The van der Waals surface area contributed by atoms with Gasteiger partial charge < -0.3 is 29.4 Å². The molecule has 4 aromatic rings. The van der Waals surface area contributed by atoms with Gasteiger partial charge in [-0.3, -0.25) is 9.59 Å². The Morgan fingerprint density at radius 2 is 1.85 bits per heavy atom. The normalized spacial score (nSPS) is 13.8. The highest BCUT2D eigenvalue weighted by Gasteiger charge is 2.38. The molecule has 1 aliphatic heterocycles. The van der Waals surface area contributed by atoms with Crippen LogP contribution in [0.15, 0.2) is 71.3 Å². The Balaban J connectivity index is 1.59. The molecule has 0 radical (unpaired) electrons. The van der Waals surface area contributed by atoms with Crippen molar-refractivity contribution in [2.75, 3.05) is 29.7 Å². The van der Waals surface area contributed by atoms with Crippen molar-refractivity contribution in [1.82, 2.24) is 0 Å². The summed E-state index contributed by atoms with van der Waals surface area (Å²) >= 11 is 0. The van der Waals surface area contributed by atoms with Gasteiger partial charge in [0.15, 0.2) is 5.76 Å². The number of carbonyl (C=O) groups is 2. The summed E-state index contributed by atoms with van der Waals surface area (Å²) in [5.41, 5.74) is 4.13. The van der Waals surface area contributed by atoms with Crippen LogP contribution >= 0.6 is 0 Å². The van der Waals surface area contributed by atoms with Gasteiger partial charge in [0.1, 0.15) is 29.5 Å². The quantitative estimate of drug-likeness (QED) is 0.280. The molecule has 0 spiro atoms. The van der Waals surface area contributed by atoms with Gasteiger partial charge in [0.2, 0.25) is 0 Å². The molecule has 0 atom stereocenters. The summed E-state index contributed by atoms with van der Waals surface area (Å²) in [4.78, 5) is 27.4. The number of nitrogens with zero attached hydrogens (tertiary/aromatic N) is 1. The first kappa shape index (κ1) is 26.8. The van der Waals surface area contributed by atoms with E-state index in [9.17, 15) is 14.0 Å². The van der Waals surface area contributed by atoms with Crippen LogP contribution in [0.1, 0.15) is 35.5 Å². The van der Waals surface area contributed by atoms with E-state index in [4.69, 9.17) is 13.9 Å². The SMILES string of the molecule is COc1cc(NC(=O)c2ccco2)ccc1-c1ccc2c(c1COc1cc(F)ccc1C)N(C)C(=O)C(C)(C)N2. The molecule has 0 saturated carbocycles. The predicted octanol–water partition coefficient (Wildman–Crippen LogP) is 6.40. The molecule has 1 aromatic heterocycles. The molecular weight excluding hydrogens is 513 g/mol. The Hall–Kier alpha value is -4.79. The van der Waals surface area contributed by atoms with E-state index in [0.29, 0.717) is 28.4 Å². The van der Waals surface area contributed by atoms with Gasteiger partial charge in [-0.1, -0.05) is 12.1 Å². The van der Waals surface area contributed by atoms with Crippen LogP contribution in [0.5, 0.6) is 11.5 Å². The number of methoxy groups -OCH3 is 1. The number of aryl methyl sites for hydroxylation is 1. The molecule has 0 unspecified atom stereocenters. The van der Waals surface area contributed by atoms with Gasteiger partial charge in [0.05, 0.1) is 24.7 Å². The number of amides is 2. The van der Waals surface area contributed by atoms with Crippen molar-refractivity contribution in [3.8, 4) is 22.6 Å². The van der Waals surface area contributed by atoms with Crippen molar-refractivity contribution in [3.05, 3.63) is 89.6 Å². The Morgan fingerprint density at radius 3 is 2.58 bits per heavy atom. The molecule has 0 fully saturated rings. The number of furan rings is 1. The van der Waals surface area contributed by atoms with Crippen LogP contribution in [0.2, 0.25) is 0 Å². The van der Waals surface area contributed by atoms with Gasteiger partial charge in [-0.25, -0.2) is 4.39 Å². The summed E-state index contributed by atoms with van der Waals surface area (Å²) in [7, 11) is 3.27. The second kappa shape index (κ2) is 10.4. The summed E-state index contributed by atoms with van der Waals surface area (Å²) in [6.45, 7) is 5.55. The maximum absolute atomic E-state index is 14.0. The third kappa shape index (κ3) is 4.98. The average molecular weight is 544 g/mol. The number of benzene rings is 3. The maximum Gasteiger partial charge on any atom is 0.291 e. The maximum atomic E-state index is 14.0. The van der Waals surface area contributed by atoms with Crippen molar-refractivity contribution >= 4 is 28.9 Å². The summed E-state index contributed by atoms with van der Waals surface area (Å²) in [5.74, 6) is 0.196. The van der Waals surface area contributed by atoms with Gasteiger partial charge in [-0.05, 0) is 68.3 Å². The lowest BCUT2D eigenvalue weighted by molar-refractivity contribution is -0.121.